The van der Waals surface area contributed by atoms with E-state index in [9.17, 15) is 8.42 Å². The molecule has 1 aliphatic carbocycles. The molecular weight excluding hydrogens is 348 g/mol. The van der Waals surface area contributed by atoms with Gasteiger partial charge in [0.1, 0.15) is 16.2 Å². The Kier molecular flexibility index (Phi) is 4.19. The molecule has 3 aromatic rings. The quantitative estimate of drug-likeness (QED) is 0.761. The number of aromatic nitrogens is 3. The van der Waals surface area contributed by atoms with Gasteiger partial charge in [-0.1, -0.05) is 38.0 Å². The van der Waals surface area contributed by atoms with Crippen LogP contribution < -0.4 is 5.73 Å². The van der Waals surface area contributed by atoms with E-state index in [0.29, 0.717) is 17.1 Å². The number of nitrogen functional groups attached to an aromatic ring is 1. The molecule has 0 amide bonds. The van der Waals surface area contributed by atoms with Crippen molar-refractivity contribution in [2.45, 2.75) is 48.4 Å². The summed E-state index contributed by atoms with van der Waals surface area (Å²) in [7, 11) is -3.78. The van der Waals surface area contributed by atoms with Gasteiger partial charge in [-0.3, -0.25) is 0 Å². The number of hydrogen-bond acceptors (Lipinski definition) is 5. The first-order valence-corrected chi connectivity index (χ1v) is 10.4. The van der Waals surface area contributed by atoms with Crippen molar-refractivity contribution < 1.29 is 8.42 Å². The van der Waals surface area contributed by atoms with Gasteiger partial charge >= 0.3 is 0 Å². The van der Waals surface area contributed by atoms with Crippen LogP contribution in [-0.4, -0.2) is 23.0 Å². The van der Waals surface area contributed by atoms with E-state index in [4.69, 9.17) is 5.73 Å². The Morgan fingerprint density at radius 1 is 1.08 bits per heavy atom. The molecule has 2 atom stereocenters. The molecule has 1 fully saturated rings. The van der Waals surface area contributed by atoms with Gasteiger partial charge in [0, 0.05) is 18.4 Å². The van der Waals surface area contributed by atoms with Gasteiger partial charge in [0.05, 0.1) is 4.90 Å². The van der Waals surface area contributed by atoms with Gasteiger partial charge < -0.3 is 10.3 Å². The van der Waals surface area contributed by atoms with Crippen molar-refractivity contribution in [3.8, 4) is 0 Å². The lowest BCUT2D eigenvalue weighted by atomic mass is 9.86. The number of nitrogens with two attached hydrogens (primary N) is 1. The van der Waals surface area contributed by atoms with Gasteiger partial charge in [0.25, 0.3) is 0 Å². The van der Waals surface area contributed by atoms with Crippen molar-refractivity contribution in [1.82, 2.24) is 14.5 Å². The number of rotatable bonds is 3. The first-order valence-electron chi connectivity index (χ1n) is 8.92. The normalized spacial score (nSPS) is 21.1. The molecule has 4 rings (SSSR count). The van der Waals surface area contributed by atoms with Crippen molar-refractivity contribution in [3.05, 3.63) is 42.7 Å². The Hall–Kier alpha value is -2.41. The molecule has 7 heteroatoms. The Morgan fingerprint density at radius 2 is 1.77 bits per heavy atom. The van der Waals surface area contributed by atoms with E-state index >= 15 is 0 Å². The number of sulfone groups is 1. The summed E-state index contributed by atoms with van der Waals surface area (Å²) in [6.07, 6.45) is 7.47. The minimum atomic E-state index is -3.78. The summed E-state index contributed by atoms with van der Waals surface area (Å²) in [4.78, 5) is 9.06. The largest absolute Gasteiger partial charge is 0.384 e. The van der Waals surface area contributed by atoms with Crippen LogP contribution in [0.4, 0.5) is 5.82 Å². The smallest absolute Gasteiger partial charge is 0.212 e. The summed E-state index contributed by atoms with van der Waals surface area (Å²) in [6.45, 7) is 2.19. The SMILES string of the molecule is CC1CCCCC1n1c(N)c(S(=O)(=O)c2ccccc2)c2nccnc21. The van der Waals surface area contributed by atoms with Crippen molar-refractivity contribution in [1.29, 1.82) is 0 Å². The van der Waals surface area contributed by atoms with Crippen LogP contribution in [0.15, 0.2) is 52.5 Å². The molecule has 1 saturated carbocycles. The number of anilines is 1. The minimum Gasteiger partial charge on any atom is -0.384 e. The summed E-state index contributed by atoms with van der Waals surface area (Å²) in [5.74, 6) is 0.657. The van der Waals surface area contributed by atoms with Gasteiger partial charge in [-0.15, -0.1) is 0 Å². The molecule has 1 aliphatic rings. The maximum absolute atomic E-state index is 13.3. The molecule has 0 spiro atoms. The van der Waals surface area contributed by atoms with Gasteiger partial charge in [0.2, 0.25) is 9.84 Å². The summed E-state index contributed by atoms with van der Waals surface area (Å²) in [5, 5.41) is 0. The molecule has 2 unspecified atom stereocenters. The van der Waals surface area contributed by atoms with Crippen molar-refractivity contribution in [3.63, 3.8) is 0 Å². The third-order valence-electron chi connectivity index (χ3n) is 5.33. The molecule has 0 radical (unpaired) electrons. The maximum atomic E-state index is 13.3. The molecule has 2 aromatic heterocycles. The van der Waals surface area contributed by atoms with Crippen LogP contribution in [0.2, 0.25) is 0 Å². The minimum absolute atomic E-state index is 0.0737. The van der Waals surface area contributed by atoms with E-state index in [1.807, 2.05) is 4.57 Å². The molecule has 0 bridgehead atoms. The predicted octanol–water partition coefficient (Wildman–Crippen LogP) is 3.60. The van der Waals surface area contributed by atoms with Crippen molar-refractivity contribution in [2.75, 3.05) is 5.73 Å². The Morgan fingerprint density at radius 3 is 2.50 bits per heavy atom. The number of hydrogen-bond donors (Lipinski definition) is 1. The molecular formula is C19H22N4O2S. The van der Waals surface area contributed by atoms with Gasteiger partial charge in [-0.25, -0.2) is 18.4 Å². The van der Waals surface area contributed by atoms with E-state index in [-0.39, 0.29) is 21.7 Å². The number of fused-ring (bicyclic) bond motifs is 1. The highest BCUT2D eigenvalue weighted by molar-refractivity contribution is 7.92. The van der Waals surface area contributed by atoms with E-state index in [2.05, 4.69) is 16.9 Å². The van der Waals surface area contributed by atoms with Crippen LogP contribution in [0.5, 0.6) is 0 Å². The van der Waals surface area contributed by atoms with E-state index in [1.165, 1.54) is 12.6 Å². The van der Waals surface area contributed by atoms with Crippen LogP contribution in [0.25, 0.3) is 11.2 Å². The maximum Gasteiger partial charge on any atom is 0.212 e. The average molecular weight is 370 g/mol. The lowest BCUT2D eigenvalue weighted by Crippen LogP contribution is -2.23. The van der Waals surface area contributed by atoms with E-state index < -0.39 is 9.84 Å². The second kappa shape index (κ2) is 6.39. The standard InChI is InChI=1S/C19H22N4O2S/c1-13-7-5-6-10-15(13)23-18(20)17(16-19(23)22-12-11-21-16)26(24,25)14-8-3-2-4-9-14/h2-4,8-9,11-13,15H,5-7,10,20H2,1H3. The van der Waals surface area contributed by atoms with E-state index in [1.54, 1.807) is 36.5 Å². The first-order chi connectivity index (χ1) is 12.5. The van der Waals surface area contributed by atoms with Gasteiger partial charge in [-0.05, 0) is 30.9 Å². The van der Waals surface area contributed by atoms with Crippen LogP contribution in [-0.2, 0) is 9.84 Å². The fourth-order valence-corrected chi connectivity index (χ4v) is 5.53. The summed E-state index contributed by atoms with van der Waals surface area (Å²) in [5.41, 5.74) is 7.34. The Balaban J connectivity index is 1.99. The highest BCUT2D eigenvalue weighted by Gasteiger charge is 2.33. The average Bonchev–Trinajstić information content (AvgIpc) is 2.95. The first kappa shape index (κ1) is 17.0. The molecule has 26 heavy (non-hydrogen) atoms. The van der Waals surface area contributed by atoms with Crippen LogP contribution in [0, 0.1) is 5.92 Å². The Bertz CT molecular complexity index is 1040. The van der Waals surface area contributed by atoms with E-state index in [0.717, 1.165) is 19.3 Å². The second-order valence-electron chi connectivity index (χ2n) is 6.96. The van der Waals surface area contributed by atoms with Crippen LogP contribution in [0.3, 0.4) is 0 Å². The highest BCUT2D eigenvalue weighted by Crippen LogP contribution is 2.41. The molecule has 1 aromatic carbocycles. The number of nitrogens with zero attached hydrogens (tertiary/aromatic N) is 3. The van der Waals surface area contributed by atoms with Gasteiger partial charge in [0.15, 0.2) is 5.65 Å². The lowest BCUT2D eigenvalue weighted by molar-refractivity contribution is 0.264. The van der Waals surface area contributed by atoms with Crippen LogP contribution in [0.1, 0.15) is 38.6 Å². The van der Waals surface area contributed by atoms with Gasteiger partial charge in [-0.2, -0.15) is 0 Å². The third kappa shape index (κ3) is 2.58. The highest BCUT2D eigenvalue weighted by atomic mass is 32.2. The lowest BCUT2D eigenvalue weighted by Gasteiger charge is -2.31. The second-order valence-corrected chi connectivity index (χ2v) is 8.85. The third-order valence-corrected chi connectivity index (χ3v) is 7.17. The summed E-state index contributed by atoms with van der Waals surface area (Å²) >= 11 is 0. The van der Waals surface area contributed by atoms with Crippen molar-refractivity contribution >= 4 is 26.8 Å². The fraction of sp³-hybridized carbons (Fsp3) is 0.368. The number of benzene rings is 1. The van der Waals surface area contributed by atoms with Crippen molar-refractivity contribution in [2.24, 2.45) is 5.92 Å². The monoisotopic (exact) mass is 370 g/mol. The zero-order chi connectivity index (χ0) is 18.3. The Labute approximate surface area is 153 Å². The molecule has 2 heterocycles. The summed E-state index contributed by atoms with van der Waals surface area (Å²) in [6, 6.07) is 8.50. The van der Waals surface area contributed by atoms with Crippen LogP contribution >= 0.6 is 0 Å². The molecule has 0 aliphatic heterocycles. The molecule has 136 valence electrons. The fourth-order valence-electron chi connectivity index (χ4n) is 4.01. The summed E-state index contributed by atoms with van der Waals surface area (Å²) < 4.78 is 28.5. The zero-order valence-electron chi connectivity index (χ0n) is 14.7. The topological polar surface area (TPSA) is 90.9 Å². The zero-order valence-corrected chi connectivity index (χ0v) is 15.5. The molecule has 6 nitrogen and oxygen atoms in total. The predicted molar refractivity (Wildman–Crippen MR) is 101 cm³/mol. The molecule has 2 N–H and O–H groups in total. The molecule has 0 saturated heterocycles.